The largest absolute Gasteiger partial charge is 0.486 e. The number of halogens is 2. The van der Waals surface area contributed by atoms with Crippen molar-refractivity contribution in [1.29, 1.82) is 0 Å². The molecule has 1 aliphatic rings. The fourth-order valence-electron chi connectivity index (χ4n) is 2.89. The van der Waals surface area contributed by atoms with E-state index in [1.807, 2.05) is 0 Å². The summed E-state index contributed by atoms with van der Waals surface area (Å²) in [7, 11) is 0. The average Bonchev–Trinajstić information content (AvgIpc) is 3.10. The second kappa shape index (κ2) is 9.10. The first kappa shape index (κ1) is 21.1. The number of nitrogens with zero attached hydrogens (tertiary/aromatic N) is 1. The van der Waals surface area contributed by atoms with Gasteiger partial charge in [-0.25, -0.2) is 0 Å². The summed E-state index contributed by atoms with van der Waals surface area (Å²) in [5.74, 6) is -1.19. The van der Waals surface area contributed by atoms with Crippen LogP contribution in [0.1, 0.15) is 30.1 Å². The number of rotatable bonds is 7. The van der Waals surface area contributed by atoms with Crippen molar-refractivity contribution in [1.82, 2.24) is 10.2 Å². The van der Waals surface area contributed by atoms with Crippen LogP contribution >= 0.6 is 23.2 Å². The van der Waals surface area contributed by atoms with E-state index in [4.69, 9.17) is 33.7 Å². The summed E-state index contributed by atoms with van der Waals surface area (Å²) in [5.41, 5.74) is 5.52. The van der Waals surface area contributed by atoms with Gasteiger partial charge in [0.2, 0.25) is 11.8 Å². The quantitative estimate of drug-likeness (QED) is 0.668. The zero-order valence-corrected chi connectivity index (χ0v) is 16.3. The van der Waals surface area contributed by atoms with Gasteiger partial charge in [-0.15, -0.1) is 0 Å². The van der Waals surface area contributed by atoms with E-state index in [1.54, 1.807) is 6.92 Å². The average molecular weight is 414 g/mol. The number of nitrogens with one attached hydrogen (secondary N) is 1. The molecule has 1 aromatic carbocycles. The fraction of sp³-hybridized carbons (Fsp3) is 0.389. The molecule has 0 saturated carbocycles. The molecule has 7 nitrogen and oxygen atoms in total. The molecule has 2 atom stereocenters. The zero-order valence-electron chi connectivity index (χ0n) is 14.8. The van der Waals surface area contributed by atoms with E-state index in [-0.39, 0.29) is 33.9 Å². The predicted octanol–water partition coefficient (Wildman–Crippen LogP) is 2.15. The second-order valence-electron chi connectivity index (χ2n) is 6.16. The molecule has 0 bridgehead atoms. The minimum absolute atomic E-state index is 0.168. The van der Waals surface area contributed by atoms with Gasteiger partial charge in [0.15, 0.2) is 5.75 Å². The highest BCUT2D eigenvalue weighted by Crippen LogP contribution is 2.34. The molecule has 0 spiro atoms. The number of carbonyl (C=O) groups is 3. The molecule has 1 aromatic rings. The van der Waals surface area contributed by atoms with Crippen LogP contribution in [0.3, 0.4) is 0 Å². The van der Waals surface area contributed by atoms with E-state index < -0.39 is 23.9 Å². The van der Waals surface area contributed by atoms with Gasteiger partial charge in [-0.2, -0.15) is 0 Å². The maximum absolute atomic E-state index is 12.6. The zero-order chi connectivity index (χ0) is 20.1. The smallest absolute Gasteiger partial charge is 0.252 e. The van der Waals surface area contributed by atoms with Crippen molar-refractivity contribution in [2.75, 3.05) is 13.2 Å². The van der Waals surface area contributed by atoms with Crippen LogP contribution in [0.5, 0.6) is 5.75 Å². The Morgan fingerprint density at radius 3 is 2.59 bits per heavy atom. The van der Waals surface area contributed by atoms with E-state index in [0.717, 1.165) is 0 Å². The molecule has 9 heteroatoms. The Kier molecular flexibility index (Phi) is 7.10. The number of likely N-dealkylation sites (tertiary alicyclic amines) is 1. The molecule has 1 fully saturated rings. The Balaban J connectivity index is 2.09. The molecule has 0 aliphatic carbocycles. The number of benzene rings is 1. The predicted molar refractivity (Wildman–Crippen MR) is 103 cm³/mol. The van der Waals surface area contributed by atoms with Crippen molar-refractivity contribution in [2.45, 2.75) is 31.8 Å². The summed E-state index contributed by atoms with van der Waals surface area (Å²) in [6.45, 7) is 5.73. The van der Waals surface area contributed by atoms with Crippen molar-refractivity contribution >= 4 is 40.9 Å². The van der Waals surface area contributed by atoms with Gasteiger partial charge in [-0.1, -0.05) is 35.9 Å². The van der Waals surface area contributed by atoms with E-state index in [0.29, 0.717) is 19.4 Å². The third-order valence-corrected chi connectivity index (χ3v) is 4.75. The summed E-state index contributed by atoms with van der Waals surface area (Å²) in [6, 6.07) is 1.33. The fourth-order valence-corrected chi connectivity index (χ4v) is 3.48. The molecular weight excluding hydrogens is 393 g/mol. The second-order valence-corrected chi connectivity index (χ2v) is 6.97. The van der Waals surface area contributed by atoms with Gasteiger partial charge in [0, 0.05) is 12.1 Å². The molecular formula is C18H21Cl2N3O4. The highest BCUT2D eigenvalue weighted by Gasteiger charge is 2.35. The minimum Gasteiger partial charge on any atom is -0.486 e. The highest BCUT2D eigenvalue weighted by molar-refractivity contribution is 6.37. The van der Waals surface area contributed by atoms with Gasteiger partial charge in [0.05, 0.1) is 10.0 Å². The first-order chi connectivity index (χ1) is 12.8. The van der Waals surface area contributed by atoms with Gasteiger partial charge in [0.1, 0.15) is 18.7 Å². The van der Waals surface area contributed by atoms with Crippen LogP contribution in [0, 0.1) is 0 Å². The van der Waals surface area contributed by atoms with Crippen LogP contribution in [0.4, 0.5) is 0 Å². The number of ether oxygens (including phenoxy) is 1. The molecule has 2 rings (SSSR count). The van der Waals surface area contributed by atoms with Crippen molar-refractivity contribution < 1.29 is 19.1 Å². The van der Waals surface area contributed by atoms with E-state index in [1.165, 1.54) is 23.1 Å². The van der Waals surface area contributed by atoms with E-state index >= 15 is 0 Å². The van der Waals surface area contributed by atoms with Crippen LogP contribution in [-0.2, 0) is 9.59 Å². The van der Waals surface area contributed by atoms with Gasteiger partial charge in [-0.3, -0.25) is 14.4 Å². The minimum atomic E-state index is -0.841. The molecule has 1 aliphatic heterocycles. The molecule has 0 radical (unpaired) electrons. The summed E-state index contributed by atoms with van der Waals surface area (Å²) in [6.07, 6.45) is 2.76. The topological polar surface area (TPSA) is 102 Å². The number of hydrogen-bond donors (Lipinski definition) is 2. The van der Waals surface area contributed by atoms with Crippen LogP contribution in [0.25, 0.3) is 0 Å². The van der Waals surface area contributed by atoms with Crippen LogP contribution in [-0.4, -0.2) is 47.9 Å². The van der Waals surface area contributed by atoms with Crippen LogP contribution in [0.15, 0.2) is 24.8 Å². The molecule has 0 aromatic heterocycles. The third kappa shape index (κ3) is 4.93. The maximum atomic E-state index is 12.6. The lowest BCUT2D eigenvalue weighted by molar-refractivity contribution is -0.138. The number of carbonyl (C=O) groups excluding carboxylic acids is 3. The summed E-state index contributed by atoms with van der Waals surface area (Å²) < 4.78 is 5.35. The molecule has 2 unspecified atom stereocenters. The molecule has 3 amide bonds. The van der Waals surface area contributed by atoms with Crippen molar-refractivity contribution in [2.24, 2.45) is 5.73 Å². The molecule has 27 heavy (non-hydrogen) atoms. The molecule has 3 N–H and O–H groups in total. The van der Waals surface area contributed by atoms with E-state index in [2.05, 4.69) is 11.9 Å². The molecule has 1 saturated heterocycles. The first-order valence-corrected chi connectivity index (χ1v) is 9.15. The van der Waals surface area contributed by atoms with Gasteiger partial charge >= 0.3 is 0 Å². The monoisotopic (exact) mass is 413 g/mol. The number of primary amides is 1. The van der Waals surface area contributed by atoms with Crippen LogP contribution < -0.4 is 15.8 Å². The Hall–Kier alpha value is -2.25. The number of hydrogen-bond acceptors (Lipinski definition) is 4. The van der Waals surface area contributed by atoms with Crippen LogP contribution in [0.2, 0.25) is 10.0 Å². The Bertz CT molecular complexity index is 746. The lowest BCUT2D eigenvalue weighted by atomic mass is 10.1. The molecule has 1 heterocycles. The van der Waals surface area contributed by atoms with E-state index in [9.17, 15) is 14.4 Å². The van der Waals surface area contributed by atoms with Gasteiger partial charge < -0.3 is 20.7 Å². The SMILES string of the molecule is C=CCOc1c(Cl)cc(C(=O)NC(C)C(=O)N2CCCC2C(N)=O)cc1Cl. The lowest BCUT2D eigenvalue weighted by Gasteiger charge is -2.26. The number of amides is 3. The summed E-state index contributed by atoms with van der Waals surface area (Å²) in [5, 5.41) is 2.93. The molecule has 146 valence electrons. The van der Waals surface area contributed by atoms with Gasteiger partial charge in [0.25, 0.3) is 5.91 Å². The Labute approximate surface area is 167 Å². The normalized spacial score (nSPS) is 17.3. The summed E-state index contributed by atoms with van der Waals surface area (Å²) >= 11 is 12.2. The summed E-state index contributed by atoms with van der Waals surface area (Å²) in [4.78, 5) is 37.9. The lowest BCUT2D eigenvalue weighted by Crippen LogP contribution is -2.51. The Morgan fingerprint density at radius 1 is 1.41 bits per heavy atom. The van der Waals surface area contributed by atoms with Gasteiger partial charge in [-0.05, 0) is 31.9 Å². The first-order valence-electron chi connectivity index (χ1n) is 8.39. The maximum Gasteiger partial charge on any atom is 0.252 e. The third-order valence-electron chi connectivity index (χ3n) is 4.19. The van der Waals surface area contributed by atoms with Crippen molar-refractivity contribution in [3.05, 3.63) is 40.4 Å². The Morgan fingerprint density at radius 2 is 2.04 bits per heavy atom. The standard InChI is InChI=1S/C18H21Cl2N3O4/c1-3-7-27-15-12(19)8-11(9-13(15)20)17(25)22-10(2)18(26)23-6-4-5-14(23)16(21)24/h3,8-10,14H,1,4-7H2,2H3,(H2,21,24)(H,22,25). The highest BCUT2D eigenvalue weighted by atomic mass is 35.5. The van der Waals surface area contributed by atoms with Crippen molar-refractivity contribution in [3.63, 3.8) is 0 Å². The van der Waals surface area contributed by atoms with Crippen molar-refractivity contribution in [3.8, 4) is 5.75 Å². The number of nitrogens with two attached hydrogens (primary N) is 1.